The lowest BCUT2D eigenvalue weighted by Crippen LogP contribution is -2.49. The Kier molecular flexibility index (Phi) is 2.89. The molecule has 0 amide bonds. The maximum Gasteiger partial charge on any atom is 0.0263 e. The van der Waals surface area contributed by atoms with Crippen LogP contribution in [0.5, 0.6) is 0 Å². The molecule has 0 aliphatic carbocycles. The second kappa shape index (κ2) is 3.97. The molecule has 0 aromatic carbocycles. The van der Waals surface area contributed by atoms with Crippen molar-refractivity contribution in [3.8, 4) is 0 Å². The zero-order valence-electron chi connectivity index (χ0n) is 8.92. The van der Waals surface area contributed by atoms with Crippen molar-refractivity contribution < 1.29 is 0 Å². The van der Waals surface area contributed by atoms with E-state index in [2.05, 4.69) is 24.1 Å². The molecular weight excluding hydrogens is 160 g/mol. The summed E-state index contributed by atoms with van der Waals surface area (Å²) in [5.41, 5.74) is 0. The third-order valence-electron chi connectivity index (χ3n) is 3.88. The molecule has 2 saturated heterocycles. The highest BCUT2D eigenvalue weighted by Crippen LogP contribution is 2.28. The number of fused-ring (bicyclic) bond motifs is 1. The van der Waals surface area contributed by atoms with E-state index in [0.717, 1.165) is 18.0 Å². The van der Waals surface area contributed by atoms with Crippen LogP contribution in [-0.4, -0.2) is 36.6 Å². The monoisotopic (exact) mass is 182 g/mol. The predicted octanol–water partition coefficient (Wildman–Crippen LogP) is 1.47. The summed E-state index contributed by atoms with van der Waals surface area (Å²) in [4.78, 5) is 2.73. The number of rotatable bonds is 2. The van der Waals surface area contributed by atoms with Gasteiger partial charge < -0.3 is 5.32 Å². The van der Waals surface area contributed by atoms with Crippen LogP contribution in [0.2, 0.25) is 0 Å². The van der Waals surface area contributed by atoms with Gasteiger partial charge in [-0.1, -0.05) is 6.92 Å². The van der Waals surface area contributed by atoms with Crippen molar-refractivity contribution in [3.05, 3.63) is 0 Å². The molecule has 3 atom stereocenters. The van der Waals surface area contributed by atoms with Gasteiger partial charge >= 0.3 is 0 Å². The summed E-state index contributed by atoms with van der Waals surface area (Å²) in [7, 11) is 0. The smallest absolute Gasteiger partial charge is 0.0263 e. The fraction of sp³-hybridized carbons (Fsp3) is 1.00. The molecular formula is C11H22N2. The highest BCUT2D eigenvalue weighted by Gasteiger charge is 2.36. The minimum atomic E-state index is 0.785. The molecule has 76 valence electrons. The molecule has 3 unspecified atom stereocenters. The van der Waals surface area contributed by atoms with Crippen molar-refractivity contribution >= 4 is 0 Å². The van der Waals surface area contributed by atoms with E-state index in [1.165, 1.54) is 38.9 Å². The van der Waals surface area contributed by atoms with Crippen LogP contribution in [0, 0.1) is 5.92 Å². The van der Waals surface area contributed by atoms with Crippen molar-refractivity contribution in [1.29, 1.82) is 0 Å². The number of nitrogens with zero attached hydrogens (tertiary/aromatic N) is 1. The average Bonchev–Trinajstić information content (AvgIpc) is 2.63. The molecule has 2 fully saturated rings. The number of hydrogen-bond acceptors (Lipinski definition) is 2. The van der Waals surface area contributed by atoms with Gasteiger partial charge in [-0.25, -0.2) is 0 Å². The van der Waals surface area contributed by atoms with Crippen molar-refractivity contribution in [3.63, 3.8) is 0 Å². The topological polar surface area (TPSA) is 15.3 Å². The lowest BCUT2D eigenvalue weighted by atomic mass is 9.90. The molecule has 2 aliphatic rings. The molecule has 2 rings (SSSR count). The fourth-order valence-corrected chi connectivity index (χ4v) is 2.89. The summed E-state index contributed by atoms with van der Waals surface area (Å²) in [5.74, 6) is 0.947. The standard InChI is InChI=1S/C11H22N2/c1-3-9(2)13-6-4-5-10-7-12-8-11(10)13/h9-12H,3-8H2,1-2H3. The van der Waals surface area contributed by atoms with E-state index in [1.54, 1.807) is 0 Å². The SMILES string of the molecule is CCC(C)N1CCCC2CNCC21. The van der Waals surface area contributed by atoms with Gasteiger partial charge in [-0.2, -0.15) is 0 Å². The minimum Gasteiger partial charge on any atom is -0.315 e. The van der Waals surface area contributed by atoms with Crippen molar-refractivity contribution in [2.75, 3.05) is 19.6 Å². The number of likely N-dealkylation sites (tertiary alicyclic amines) is 1. The zero-order valence-corrected chi connectivity index (χ0v) is 8.92. The number of nitrogens with one attached hydrogen (secondary N) is 1. The molecule has 0 radical (unpaired) electrons. The Morgan fingerprint density at radius 1 is 1.46 bits per heavy atom. The lowest BCUT2D eigenvalue weighted by Gasteiger charge is -2.40. The van der Waals surface area contributed by atoms with Gasteiger partial charge in [-0.3, -0.25) is 4.90 Å². The summed E-state index contributed by atoms with van der Waals surface area (Å²) in [5, 5.41) is 3.53. The van der Waals surface area contributed by atoms with Crippen LogP contribution in [-0.2, 0) is 0 Å². The Bertz CT molecular complexity index is 169. The average molecular weight is 182 g/mol. The first-order valence-electron chi connectivity index (χ1n) is 5.79. The Balaban J connectivity index is 2.01. The van der Waals surface area contributed by atoms with Gasteiger partial charge in [0.05, 0.1) is 0 Å². The third kappa shape index (κ3) is 1.75. The summed E-state index contributed by atoms with van der Waals surface area (Å²) in [6.07, 6.45) is 4.15. The van der Waals surface area contributed by atoms with E-state index >= 15 is 0 Å². The minimum absolute atomic E-state index is 0.785. The summed E-state index contributed by atoms with van der Waals surface area (Å²) < 4.78 is 0. The van der Waals surface area contributed by atoms with E-state index in [9.17, 15) is 0 Å². The van der Waals surface area contributed by atoms with Gasteiger partial charge in [-0.15, -0.1) is 0 Å². The molecule has 1 N–H and O–H groups in total. The summed E-state index contributed by atoms with van der Waals surface area (Å²) in [6.45, 7) is 8.50. The van der Waals surface area contributed by atoms with E-state index in [4.69, 9.17) is 0 Å². The van der Waals surface area contributed by atoms with Crippen LogP contribution in [0.25, 0.3) is 0 Å². The summed E-state index contributed by atoms with van der Waals surface area (Å²) in [6, 6.07) is 1.64. The van der Waals surface area contributed by atoms with Gasteiger partial charge in [0, 0.05) is 18.6 Å². The first-order chi connectivity index (χ1) is 6.33. The molecule has 0 saturated carbocycles. The van der Waals surface area contributed by atoms with Gasteiger partial charge in [0.25, 0.3) is 0 Å². The molecule has 0 bridgehead atoms. The van der Waals surface area contributed by atoms with E-state index in [1.807, 2.05) is 0 Å². The Hall–Kier alpha value is -0.0800. The fourth-order valence-electron chi connectivity index (χ4n) is 2.89. The van der Waals surface area contributed by atoms with Crippen LogP contribution in [0.1, 0.15) is 33.1 Å². The highest BCUT2D eigenvalue weighted by molar-refractivity contribution is 4.93. The molecule has 2 heterocycles. The lowest BCUT2D eigenvalue weighted by molar-refractivity contribution is 0.0831. The molecule has 0 aromatic heterocycles. The largest absolute Gasteiger partial charge is 0.315 e. The maximum atomic E-state index is 3.53. The Morgan fingerprint density at radius 3 is 3.08 bits per heavy atom. The molecule has 2 aliphatic heterocycles. The van der Waals surface area contributed by atoms with Gasteiger partial charge in [0.1, 0.15) is 0 Å². The quantitative estimate of drug-likeness (QED) is 0.695. The van der Waals surface area contributed by atoms with Crippen molar-refractivity contribution in [1.82, 2.24) is 10.2 Å². The van der Waals surface area contributed by atoms with Crippen LogP contribution >= 0.6 is 0 Å². The second-order valence-electron chi connectivity index (χ2n) is 4.62. The van der Waals surface area contributed by atoms with Gasteiger partial charge in [-0.05, 0) is 45.2 Å². The van der Waals surface area contributed by atoms with E-state index < -0.39 is 0 Å². The number of piperidine rings is 1. The predicted molar refractivity (Wildman–Crippen MR) is 55.8 cm³/mol. The molecule has 0 spiro atoms. The molecule has 0 aromatic rings. The molecule has 13 heavy (non-hydrogen) atoms. The zero-order chi connectivity index (χ0) is 9.26. The Morgan fingerprint density at radius 2 is 2.31 bits per heavy atom. The van der Waals surface area contributed by atoms with Gasteiger partial charge in [0.15, 0.2) is 0 Å². The van der Waals surface area contributed by atoms with Gasteiger partial charge in [0.2, 0.25) is 0 Å². The van der Waals surface area contributed by atoms with Crippen LogP contribution in [0.4, 0.5) is 0 Å². The molecule has 2 nitrogen and oxygen atoms in total. The van der Waals surface area contributed by atoms with Crippen LogP contribution in [0.3, 0.4) is 0 Å². The number of hydrogen-bond donors (Lipinski definition) is 1. The first-order valence-corrected chi connectivity index (χ1v) is 5.79. The molecule has 2 heteroatoms. The van der Waals surface area contributed by atoms with Crippen LogP contribution < -0.4 is 5.32 Å². The second-order valence-corrected chi connectivity index (χ2v) is 4.62. The first kappa shape index (κ1) is 9.47. The van der Waals surface area contributed by atoms with Crippen molar-refractivity contribution in [2.45, 2.75) is 45.2 Å². The van der Waals surface area contributed by atoms with E-state index in [0.29, 0.717) is 0 Å². The van der Waals surface area contributed by atoms with E-state index in [-0.39, 0.29) is 0 Å². The van der Waals surface area contributed by atoms with Crippen LogP contribution in [0.15, 0.2) is 0 Å². The Labute approximate surface area is 81.7 Å². The highest BCUT2D eigenvalue weighted by atomic mass is 15.2. The van der Waals surface area contributed by atoms with Crippen molar-refractivity contribution in [2.24, 2.45) is 5.92 Å². The normalized spacial score (nSPS) is 37.4. The third-order valence-corrected chi connectivity index (χ3v) is 3.88. The summed E-state index contributed by atoms with van der Waals surface area (Å²) >= 11 is 0. The maximum absolute atomic E-state index is 3.53.